The van der Waals surface area contributed by atoms with Crippen molar-refractivity contribution in [2.45, 2.75) is 51.8 Å². The summed E-state index contributed by atoms with van der Waals surface area (Å²) in [6.07, 6.45) is 5.87. The van der Waals surface area contributed by atoms with Crippen LogP contribution in [0.3, 0.4) is 0 Å². The molecule has 2 bridgehead atoms. The highest BCUT2D eigenvalue weighted by Crippen LogP contribution is 2.46. The first-order valence-electron chi connectivity index (χ1n) is 10.7. The largest absolute Gasteiger partial charge is 0.392 e. The first-order chi connectivity index (χ1) is 13.3. The molecule has 2 aliphatic carbocycles. The van der Waals surface area contributed by atoms with Crippen LogP contribution in [0.2, 0.25) is 0 Å². The average molecular weight is 371 g/mol. The lowest BCUT2D eigenvalue weighted by molar-refractivity contribution is 0.0958. The lowest BCUT2D eigenvalue weighted by Crippen LogP contribution is -2.55. The molecule has 0 aromatic heterocycles. The van der Waals surface area contributed by atoms with Crippen molar-refractivity contribution in [3.63, 3.8) is 0 Å². The van der Waals surface area contributed by atoms with Crippen LogP contribution < -0.4 is 5.32 Å². The zero-order valence-electron chi connectivity index (χ0n) is 16.6. The number of fused-ring (bicyclic) bond motifs is 2. The fourth-order valence-electron chi connectivity index (χ4n) is 5.38. The zero-order valence-corrected chi connectivity index (χ0v) is 16.6. The molecule has 5 heteroatoms. The first-order valence-corrected chi connectivity index (χ1v) is 10.7. The topological polar surface area (TPSA) is 51.1 Å². The highest BCUT2D eigenvalue weighted by Gasteiger charge is 2.42. The molecule has 1 aromatic carbocycles. The van der Waals surface area contributed by atoms with E-state index in [0.717, 1.165) is 67.7 Å². The maximum Gasteiger partial charge on any atom is 0.194 e. The van der Waals surface area contributed by atoms with Crippen LogP contribution in [0, 0.1) is 11.8 Å². The predicted molar refractivity (Wildman–Crippen MR) is 110 cm³/mol. The zero-order chi connectivity index (χ0) is 18.6. The quantitative estimate of drug-likeness (QED) is 0.617. The van der Waals surface area contributed by atoms with Crippen LogP contribution in [0.1, 0.15) is 43.7 Å². The summed E-state index contributed by atoms with van der Waals surface area (Å²) < 4.78 is 0. The highest BCUT2D eigenvalue weighted by molar-refractivity contribution is 5.80. The molecule has 0 radical (unpaired) electrons. The molecule has 5 nitrogen and oxygen atoms in total. The van der Waals surface area contributed by atoms with E-state index in [9.17, 15) is 5.11 Å². The standard InChI is InChI=1S/C22H34N4O/c1-2-23-22(24-15-19-5-3-4-6-20(19)16-27)26-11-9-25(10-12-26)21-14-17-7-8-18(21)13-17/h3-6,17-18,21,27H,2,7-16H2,1H3,(H,23,24). The van der Waals surface area contributed by atoms with E-state index in [1.165, 1.54) is 25.7 Å². The minimum atomic E-state index is 0.0739. The Morgan fingerprint density at radius 2 is 1.89 bits per heavy atom. The lowest BCUT2D eigenvalue weighted by atomic mass is 9.93. The number of aliphatic hydroxyl groups excluding tert-OH is 1. The normalized spacial score (nSPS) is 28.7. The smallest absolute Gasteiger partial charge is 0.194 e. The molecule has 1 saturated heterocycles. The molecular weight excluding hydrogens is 336 g/mol. The van der Waals surface area contributed by atoms with E-state index in [1.54, 1.807) is 0 Å². The summed E-state index contributed by atoms with van der Waals surface area (Å²) in [6.45, 7) is 8.13. The second kappa shape index (κ2) is 8.61. The molecular formula is C22H34N4O. The number of piperazine rings is 1. The number of hydrogen-bond donors (Lipinski definition) is 2. The van der Waals surface area contributed by atoms with Crippen molar-refractivity contribution in [1.29, 1.82) is 0 Å². The van der Waals surface area contributed by atoms with Crippen LogP contribution >= 0.6 is 0 Å². The Labute approximate surface area is 163 Å². The van der Waals surface area contributed by atoms with E-state index in [1.807, 2.05) is 18.2 Å². The van der Waals surface area contributed by atoms with Crippen LogP contribution in [0.4, 0.5) is 0 Å². The van der Waals surface area contributed by atoms with Crippen molar-refractivity contribution in [3.05, 3.63) is 35.4 Å². The minimum absolute atomic E-state index is 0.0739. The summed E-state index contributed by atoms with van der Waals surface area (Å²) in [7, 11) is 0. The molecule has 1 aliphatic heterocycles. The van der Waals surface area contributed by atoms with Gasteiger partial charge < -0.3 is 15.3 Å². The molecule has 1 aromatic rings. The van der Waals surface area contributed by atoms with Crippen LogP contribution in [0.25, 0.3) is 0 Å². The Hall–Kier alpha value is -1.59. The summed E-state index contributed by atoms with van der Waals surface area (Å²) in [4.78, 5) is 10.0. The maximum atomic E-state index is 9.53. The second-order valence-corrected chi connectivity index (χ2v) is 8.36. The van der Waals surface area contributed by atoms with Crippen molar-refractivity contribution in [2.24, 2.45) is 16.8 Å². The van der Waals surface area contributed by atoms with Gasteiger partial charge in [0.05, 0.1) is 13.2 Å². The first kappa shape index (κ1) is 18.8. The number of rotatable bonds is 5. The van der Waals surface area contributed by atoms with Crippen LogP contribution in [0.5, 0.6) is 0 Å². The molecule has 1 heterocycles. The van der Waals surface area contributed by atoms with Gasteiger partial charge in [0.25, 0.3) is 0 Å². The Bertz CT molecular complexity index is 653. The van der Waals surface area contributed by atoms with Crippen LogP contribution in [-0.4, -0.2) is 59.6 Å². The Morgan fingerprint density at radius 1 is 1.11 bits per heavy atom. The van der Waals surface area contributed by atoms with E-state index >= 15 is 0 Å². The number of hydrogen-bond acceptors (Lipinski definition) is 3. The monoisotopic (exact) mass is 370 g/mol. The van der Waals surface area contributed by atoms with Crippen molar-refractivity contribution < 1.29 is 5.11 Å². The number of nitrogens with one attached hydrogen (secondary N) is 1. The molecule has 3 unspecified atom stereocenters. The van der Waals surface area contributed by atoms with Gasteiger partial charge in [-0.3, -0.25) is 4.90 Å². The van der Waals surface area contributed by atoms with E-state index in [2.05, 4.69) is 28.1 Å². The van der Waals surface area contributed by atoms with Crippen molar-refractivity contribution in [3.8, 4) is 0 Å². The van der Waals surface area contributed by atoms with Gasteiger partial charge in [0.15, 0.2) is 5.96 Å². The molecule has 2 N–H and O–H groups in total. The summed E-state index contributed by atoms with van der Waals surface area (Å²) in [5.41, 5.74) is 2.08. The van der Waals surface area contributed by atoms with Gasteiger partial charge in [0, 0.05) is 38.8 Å². The molecule has 0 spiro atoms. The maximum absolute atomic E-state index is 9.53. The molecule has 27 heavy (non-hydrogen) atoms. The molecule has 3 atom stereocenters. The van der Waals surface area contributed by atoms with E-state index in [4.69, 9.17) is 4.99 Å². The second-order valence-electron chi connectivity index (χ2n) is 8.36. The fourth-order valence-corrected chi connectivity index (χ4v) is 5.38. The fraction of sp³-hybridized carbons (Fsp3) is 0.682. The summed E-state index contributed by atoms with van der Waals surface area (Å²) in [6, 6.07) is 8.88. The molecule has 4 rings (SSSR count). The number of guanidine groups is 1. The third-order valence-corrected chi connectivity index (χ3v) is 6.81. The number of aliphatic imine (C=N–C) groups is 1. The highest BCUT2D eigenvalue weighted by atomic mass is 16.3. The van der Waals surface area contributed by atoms with Gasteiger partial charge in [-0.25, -0.2) is 4.99 Å². The average Bonchev–Trinajstić information content (AvgIpc) is 3.35. The third kappa shape index (κ3) is 4.14. The summed E-state index contributed by atoms with van der Waals surface area (Å²) >= 11 is 0. The molecule has 2 saturated carbocycles. The number of nitrogens with zero attached hydrogens (tertiary/aromatic N) is 3. The summed E-state index contributed by atoms with van der Waals surface area (Å²) in [5, 5.41) is 13.0. The molecule has 3 fully saturated rings. The van der Waals surface area contributed by atoms with Gasteiger partial charge in [0.1, 0.15) is 0 Å². The molecule has 3 aliphatic rings. The lowest BCUT2D eigenvalue weighted by Gasteiger charge is -2.42. The summed E-state index contributed by atoms with van der Waals surface area (Å²) in [5.74, 6) is 3.00. The Morgan fingerprint density at radius 3 is 2.52 bits per heavy atom. The van der Waals surface area contributed by atoms with Gasteiger partial charge >= 0.3 is 0 Å². The van der Waals surface area contributed by atoms with E-state index in [0.29, 0.717) is 6.54 Å². The SMILES string of the molecule is CCNC(=NCc1ccccc1CO)N1CCN(C2CC3CCC2C3)CC1. The Kier molecular flexibility index (Phi) is 5.98. The predicted octanol–water partition coefficient (Wildman–Crippen LogP) is 2.45. The minimum Gasteiger partial charge on any atom is -0.392 e. The number of aliphatic hydroxyl groups is 1. The molecule has 0 amide bonds. The van der Waals surface area contributed by atoms with Crippen LogP contribution in [0.15, 0.2) is 29.3 Å². The van der Waals surface area contributed by atoms with Crippen molar-refractivity contribution >= 4 is 5.96 Å². The van der Waals surface area contributed by atoms with Gasteiger partial charge in [-0.05, 0) is 49.1 Å². The van der Waals surface area contributed by atoms with Gasteiger partial charge in [-0.15, -0.1) is 0 Å². The van der Waals surface area contributed by atoms with Crippen molar-refractivity contribution in [1.82, 2.24) is 15.1 Å². The third-order valence-electron chi connectivity index (χ3n) is 6.81. The number of benzene rings is 1. The van der Waals surface area contributed by atoms with Gasteiger partial charge in [-0.2, -0.15) is 0 Å². The Balaban J connectivity index is 1.36. The molecule has 148 valence electrons. The van der Waals surface area contributed by atoms with E-state index < -0.39 is 0 Å². The van der Waals surface area contributed by atoms with E-state index in [-0.39, 0.29) is 6.61 Å². The van der Waals surface area contributed by atoms with Gasteiger partial charge in [-0.1, -0.05) is 30.7 Å². The van der Waals surface area contributed by atoms with Crippen LogP contribution in [-0.2, 0) is 13.2 Å². The van der Waals surface area contributed by atoms with Gasteiger partial charge in [0.2, 0.25) is 0 Å². The van der Waals surface area contributed by atoms with Crippen molar-refractivity contribution in [2.75, 3.05) is 32.7 Å².